The van der Waals surface area contributed by atoms with Crippen LogP contribution in [0, 0.1) is 10.1 Å². The lowest BCUT2D eigenvalue weighted by molar-refractivity contribution is -0.384. The van der Waals surface area contributed by atoms with Gasteiger partial charge in [0, 0.05) is 28.8 Å². The average Bonchev–Trinajstić information content (AvgIpc) is 3.27. The van der Waals surface area contributed by atoms with Crippen LogP contribution in [0.15, 0.2) is 78.2 Å². The normalized spacial score (nSPS) is 10.5. The zero-order valence-corrected chi connectivity index (χ0v) is 17.5. The third kappa shape index (κ3) is 5.18. The number of hydrogen-bond donors (Lipinski definition) is 1. The Balaban J connectivity index is 1.36. The summed E-state index contributed by atoms with van der Waals surface area (Å²) in [5, 5.41) is 16.8. The van der Waals surface area contributed by atoms with Crippen molar-refractivity contribution in [1.82, 2.24) is 4.98 Å². The first-order valence-electron chi connectivity index (χ1n) is 9.44. The number of nitro groups is 1. The van der Waals surface area contributed by atoms with E-state index in [1.54, 1.807) is 19.2 Å². The molecule has 1 aromatic heterocycles. The summed E-state index contributed by atoms with van der Waals surface area (Å²) in [5.74, 6) is 1.52. The fourth-order valence-corrected chi connectivity index (χ4v) is 3.60. The number of hydrogen-bond acceptors (Lipinski definition) is 7. The molecule has 0 unspecified atom stereocenters. The van der Waals surface area contributed by atoms with Gasteiger partial charge in [0.25, 0.3) is 5.69 Å². The molecule has 0 aliphatic carbocycles. The zero-order chi connectivity index (χ0) is 21.6. The molecule has 4 aromatic rings. The predicted octanol–water partition coefficient (Wildman–Crippen LogP) is 6.05. The Morgan fingerprint density at radius 3 is 2.29 bits per heavy atom. The minimum absolute atomic E-state index is 0.0669. The number of aromatic nitrogens is 1. The van der Waals surface area contributed by atoms with Gasteiger partial charge in [-0.2, -0.15) is 0 Å². The molecule has 0 atom stereocenters. The number of methoxy groups -OCH3 is 1. The summed E-state index contributed by atoms with van der Waals surface area (Å²) in [4.78, 5) is 14.9. The van der Waals surface area contributed by atoms with Crippen molar-refractivity contribution in [2.75, 3.05) is 12.4 Å². The van der Waals surface area contributed by atoms with Crippen LogP contribution >= 0.6 is 11.3 Å². The molecule has 0 radical (unpaired) electrons. The van der Waals surface area contributed by atoms with Crippen LogP contribution in [-0.2, 0) is 6.61 Å². The van der Waals surface area contributed by atoms with E-state index in [0.717, 1.165) is 33.4 Å². The van der Waals surface area contributed by atoms with E-state index in [1.807, 2.05) is 53.9 Å². The quantitative estimate of drug-likeness (QED) is 0.269. The highest BCUT2D eigenvalue weighted by Crippen LogP contribution is 2.29. The van der Waals surface area contributed by atoms with Gasteiger partial charge in [-0.3, -0.25) is 10.1 Å². The van der Waals surface area contributed by atoms with E-state index in [-0.39, 0.29) is 5.69 Å². The summed E-state index contributed by atoms with van der Waals surface area (Å²) in [6.07, 6.45) is 0. The summed E-state index contributed by atoms with van der Waals surface area (Å²) in [6.45, 7) is 0.337. The number of benzene rings is 3. The number of anilines is 2. The maximum atomic E-state index is 10.7. The Morgan fingerprint density at radius 1 is 0.968 bits per heavy atom. The maximum Gasteiger partial charge on any atom is 0.269 e. The van der Waals surface area contributed by atoms with Gasteiger partial charge in [0.2, 0.25) is 0 Å². The van der Waals surface area contributed by atoms with Gasteiger partial charge in [0.05, 0.1) is 17.7 Å². The molecule has 0 amide bonds. The van der Waals surface area contributed by atoms with Crippen LogP contribution in [0.4, 0.5) is 16.5 Å². The van der Waals surface area contributed by atoms with E-state index in [1.165, 1.54) is 23.5 Å². The molecule has 4 rings (SSSR count). The first kappa shape index (κ1) is 20.4. The minimum Gasteiger partial charge on any atom is -0.497 e. The van der Waals surface area contributed by atoms with E-state index in [2.05, 4.69) is 10.3 Å². The van der Waals surface area contributed by atoms with Crippen molar-refractivity contribution < 1.29 is 14.4 Å². The highest BCUT2D eigenvalue weighted by Gasteiger charge is 2.07. The lowest BCUT2D eigenvalue weighted by Gasteiger charge is -2.07. The smallest absolute Gasteiger partial charge is 0.269 e. The number of thiazole rings is 1. The summed E-state index contributed by atoms with van der Waals surface area (Å²) >= 11 is 1.53. The first-order chi connectivity index (χ1) is 15.1. The molecule has 7 nitrogen and oxygen atoms in total. The molecule has 31 heavy (non-hydrogen) atoms. The predicted molar refractivity (Wildman–Crippen MR) is 121 cm³/mol. The highest BCUT2D eigenvalue weighted by molar-refractivity contribution is 7.14. The lowest BCUT2D eigenvalue weighted by Crippen LogP contribution is -1.96. The standard InChI is InChI=1S/C23H19N3O4S/c1-29-20-12-6-18(7-13-20)24-23-25-22(15-31-23)17-4-10-21(11-5-17)30-14-16-2-8-19(9-3-16)26(27)28/h2-13,15H,14H2,1H3,(H,24,25). The monoisotopic (exact) mass is 433 g/mol. The highest BCUT2D eigenvalue weighted by atomic mass is 32.1. The maximum absolute atomic E-state index is 10.7. The summed E-state index contributed by atoms with van der Waals surface area (Å²) in [7, 11) is 1.64. The molecular formula is C23H19N3O4S. The van der Waals surface area contributed by atoms with Gasteiger partial charge < -0.3 is 14.8 Å². The molecule has 0 aliphatic rings. The number of ether oxygens (including phenoxy) is 2. The Kier molecular flexibility index (Phi) is 6.09. The third-order valence-electron chi connectivity index (χ3n) is 4.55. The fraction of sp³-hybridized carbons (Fsp3) is 0.0870. The van der Waals surface area contributed by atoms with Gasteiger partial charge in [-0.05, 0) is 66.2 Å². The van der Waals surface area contributed by atoms with Crippen molar-refractivity contribution in [2.24, 2.45) is 0 Å². The zero-order valence-electron chi connectivity index (χ0n) is 16.6. The van der Waals surface area contributed by atoms with Gasteiger partial charge in [-0.15, -0.1) is 11.3 Å². The Bertz CT molecular complexity index is 1160. The second kappa shape index (κ2) is 9.27. The molecular weight excluding hydrogens is 414 g/mol. The van der Waals surface area contributed by atoms with E-state index < -0.39 is 4.92 Å². The van der Waals surface area contributed by atoms with E-state index in [4.69, 9.17) is 9.47 Å². The van der Waals surface area contributed by atoms with Crippen molar-refractivity contribution >= 4 is 27.8 Å². The second-order valence-electron chi connectivity index (χ2n) is 6.63. The molecule has 0 fully saturated rings. The van der Waals surface area contributed by atoms with Gasteiger partial charge >= 0.3 is 0 Å². The van der Waals surface area contributed by atoms with Crippen molar-refractivity contribution in [1.29, 1.82) is 0 Å². The molecule has 0 aliphatic heterocycles. The van der Waals surface area contributed by atoms with Gasteiger partial charge in [-0.1, -0.05) is 0 Å². The summed E-state index contributed by atoms with van der Waals surface area (Å²) in [6, 6.07) is 21.7. The SMILES string of the molecule is COc1ccc(Nc2nc(-c3ccc(OCc4ccc([N+](=O)[O-])cc4)cc3)cs2)cc1. The Hall–Kier alpha value is -3.91. The average molecular weight is 433 g/mol. The summed E-state index contributed by atoms with van der Waals surface area (Å²) < 4.78 is 10.9. The molecule has 0 saturated carbocycles. The molecule has 0 saturated heterocycles. The van der Waals surface area contributed by atoms with Crippen molar-refractivity contribution in [3.05, 3.63) is 93.9 Å². The molecule has 3 aromatic carbocycles. The number of rotatable bonds is 8. The van der Waals surface area contributed by atoms with Crippen LogP contribution in [0.1, 0.15) is 5.56 Å². The van der Waals surface area contributed by atoms with Crippen LogP contribution in [0.5, 0.6) is 11.5 Å². The van der Waals surface area contributed by atoms with Crippen LogP contribution in [0.3, 0.4) is 0 Å². The van der Waals surface area contributed by atoms with E-state index in [9.17, 15) is 10.1 Å². The lowest BCUT2D eigenvalue weighted by atomic mass is 10.2. The largest absolute Gasteiger partial charge is 0.497 e. The number of nitrogens with one attached hydrogen (secondary N) is 1. The summed E-state index contributed by atoms with van der Waals surface area (Å²) in [5.41, 5.74) is 3.74. The number of nitro benzene ring substituents is 1. The van der Waals surface area contributed by atoms with Crippen molar-refractivity contribution in [2.45, 2.75) is 6.61 Å². The first-order valence-corrected chi connectivity index (χ1v) is 10.3. The van der Waals surface area contributed by atoms with Gasteiger partial charge in [0.15, 0.2) is 5.13 Å². The molecule has 1 heterocycles. The Morgan fingerprint density at radius 2 is 1.65 bits per heavy atom. The minimum atomic E-state index is -0.417. The number of nitrogens with zero attached hydrogens (tertiary/aromatic N) is 2. The van der Waals surface area contributed by atoms with Crippen molar-refractivity contribution in [3.8, 4) is 22.8 Å². The second-order valence-corrected chi connectivity index (χ2v) is 7.49. The van der Waals surface area contributed by atoms with Gasteiger partial charge in [-0.25, -0.2) is 4.98 Å². The molecule has 156 valence electrons. The fourth-order valence-electron chi connectivity index (χ4n) is 2.86. The number of non-ortho nitro benzene ring substituents is 1. The van der Waals surface area contributed by atoms with Crippen molar-refractivity contribution in [3.63, 3.8) is 0 Å². The topological polar surface area (TPSA) is 86.5 Å². The molecule has 0 spiro atoms. The van der Waals surface area contributed by atoms with Crippen LogP contribution in [0.25, 0.3) is 11.3 Å². The van der Waals surface area contributed by atoms with Gasteiger partial charge in [0.1, 0.15) is 18.1 Å². The Labute approximate surface area is 183 Å². The van der Waals surface area contributed by atoms with Crippen LogP contribution in [0.2, 0.25) is 0 Å². The van der Waals surface area contributed by atoms with Crippen LogP contribution in [-0.4, -0.2) is 17.0 Å². The van der Waals surface area contributed by atoms with E-state index in [0.29, 0.717) is 12.4 Å². The van der Waals surface area contributed by atoms with Crippen LogP contribution < -0.4 is 14.8 Å². The molecule has 1 N–H and O–H groups in total. The van der Waals surface area contributed by atoms with E-state index >= 15 is 0 Å². The molecule has 0 bridgehead atoms. The third-order valence-corrected chi connectivity index (χ3v) is 5.31. The molecule has 8 heteroatoms.